The van der Waals surface area contributed by atoms with Gasteiger partial charge in [0.2, 0.25) is 0 Å². The Kier molecular flexibility index (Phi) is 5.99. The molecule has 1 N–H and O–H groups in total. The highest BCUT2D eigenvalue weighted by Crippen LogP contribution is 2.48. The number of carbonyl (C=O) groups is 1. The van der Waals surface area contributed by atoms with E-state index in [9.17, 15) is 4.79 Å². The Hall–Kier alpha value is -2.21. The zero-order valence-corrected chi connectivity index (χ0v) is 18.4. The highest BCUT2D eigenvalue weighted by molar-refractivity contribution is 9.10. The molecule has 29 heavy (non-hydrogen) atoms. The van der Waals surface area contributed by atoms with Crippen LogP contribution in [0.2, 0.25) is 0 Å². The van der Waals surface area contributed by atoms with Crippen molar-refractivity contribution in [2.24, 2.45) is 0 Å². The van der Waals surface area contributed by atoms with E-state index in [-0.39, 0.29) is 24.3 Å². The van der Waals surface area contributed by atoms with Crippen LogP contribution in [0.5, 0.6) is 11.5 Å². The molecular formula is C23H27BrN2O3. The summed E-state index contributed by atoms with van der Waals surface area (Å²) in [6.07, 6.45) is 3.15. The quantitative estimate of drug-likeness (QED) is 0.593. The van der Waals surface area contributed by atoms with Gasteiger partial charge in [-0.15, -0.1) is 0 Å². The van der Waals surface area contributed by atoms with Gasteiger partial charge in [-0.05, 0) is 49.9 Å². The number of para-hydroxylation sites is 1. The molecule has 2 heterocycles. The number of fused-ring (bicyclic) bond motifs is 5. The minimum Gasteiger partial charge on any atom is -0.455 e. The van der Waals surface area contributed by atoms with Gasteiger partial charge in [-0.2, -0.15) is 0 Å². The molecular weight excluding hydrogens is 432 g/mol. The summed E-state index contributed by atoms with van der Waals surface area (Å²) in [7, 11) is 0. The molecule has 1 saturated heterocycles. The molecule has 0 saturated carbocycles. The number of rotatable bonds is 4. The van der Waals surface area contributed by atoms with E-state index in [0.717, 1.165) is 59.5 Å². The first kappa shape index (κ1) is 20.1. The summed E-state index contributed by atoms with van der Waals surface area (Å²) in [5.41, 5.74) is 2.13. The molecule has 1 amide bonds. The van der Waals surface area contributed by atoms with Crippen molar-refractivity contribution in [3.05, 3.63) is 52.5 Å². The highest BCUT2D eigenvalue weighted by Gasteiger charge is 2.39. The van der Waals surface area contributed by atoms with Crippen molar-refractivity contribution in [1.82, 2.24) is 5.32 Å². The van der Waals surface area contributed by atoms with Gasteiger partial charge in [0, 0.05) is 16.6 Å². The number of alkyl carbamates (subject to hydrolysis) is 1. The Morgan fingerprint density at radius 2 is 2.03 bits per heavy atom. The smallest absolute Gasteiger partial charge is 0.407 e. The van der Waals surface area contributed by atoms with E-state index in [1.54, 1.807) is 0 Å². The summed E-state index contributed by atoms with van der Waals surface area (Å²) in [6, 6.07) is 14.1. The number of anilines is 1. The average molecular weight is 459 g/mol. The van der Waals surface area contributed by atoms with Crippen LogP contribution < -0.4 is 15.0 Å². The van der Waals surface area contributed by atoms with E-state index in [4.69, 9.17) is 9.47 Å². The molecule has 5 nitrogen and oxygen atoms in total. The summed E-state index contributed by atoms with van der Waals surface area (Å²) in [5, 5.41) is 3.16. The summed E-state index contributed by atoms with van der Waals surface area (Å²) < 4.78 is 12.9. The standard InChI is InChI=1S/C23H27BrN2O3/c1-3-16(4-2)28-23(27)25-18-9-7-13-26-19-14-15(24)11-12-21(19)29-20-10-6-5-8-17(20)22(18)26/h5-6,8,10-12,14,16,18,22H,3-4,7,9,13H2,1-2H3,(H,25,27). The lowest BCUT2D eigenvalue weighted by Crippen LogP contribution is -2.50. The molecule has 0 bridgehead atoms. The van der Waals surface area contributed by atoms with E-state index in [0.29, 0.717) is 0 Å². The maximum absolute atomic E-state index is 12.6. The number of amides is 1. The summed E-state index contributed by atoms with van der Waals surface area (Å²) in [4.78, 5) is 15.0. The van der Waals surface area contributed by atoms with Gasteiger partial charge in [-0.25, -0.2) is 4.79 Å². The fraction of sp³-hybridized carbons (Fsp3) is 0.435. The van der Waals surface area contributed by atoms with Gasteiger partial charge in [0.05, 0.1) is 17.8 Å². The Labute approximate surface area is 180 Å². The van der Waals surface area contributed by atoms with Crippen LogP contribution in [-0.4, -0.2) is 24.8 Å². The fourth-order valence-electron chi connectivity index (χ4n) is 4.33. The number of hydrogen-bond acceptors (Lipinski definition) is 4. The van der Waals surface area contributed by atoms with E-state index in [1.165, 1.54) is 0 Å². The fourth-order valence-corrected chi connectivity index (χ4v) is 4.68. The number of nitrogens with one attached hydrogen (secondary N) is 1. The van der Waals surface area contributed by atoms with Crippen LogP contribution in [0.25, 0.3) is 0 Å². The number of hydrogen-bond donors (Lipinski definition) is 1. The monoisotopic (exact) mass is 458 g/mol. The summed E-state index contributed by atoms with van der Waals surface area (Å²) in [6.45, 7) is 4.99. The second-order valence-corrected chi connectivity index (χ2v) is 8.54. The molecule has 2 atom stereocenters. The molecule has 2 unspecified atom stereocenters. The van der Waals surface area contributed by atoms with E-state index in [2.05, 4.69) is 38.3 Å². The number of halogens is 1. The lowest BCUT2D eigenvalue weighted by Gasteiger charge is -2.42. The second-order valence-electron chi connectivity index (χ2n) is 7.63. The molecule has 6 heteroatoms. The van der Waals surface area contributed by atoms with Gasteiger partial charge < -0.3 is 19.7 Å². The zero-order valence-electron chi connectivity index (χ0n) is 16.9. The molecule has 0 aromatic heterocycles. The van der Waals surface area contributed by atoms with Gasteiger partial charge in [0.25, 0.3) is 0 Å². The van der Waals surface area contributed by atoms with Gasteiger partial charge in [0.15, 0.2) is 5.75 Å². The van der Waals surface area contributed by atoms with Crippen molar-refractivity contribution >= 4 is 27.7 Å². The van der Waals surface area contributed by atoms with Crippen LogP contribution in [0.15, 0.2) is 46.9 Å². The van der Waals surface area contributed by atoms with E-state index in [1.807, 2.05) is 44.2 Å². The molecule has 0 spiro atoms. The highest BCUT2D eigenvalue weighted by atomic mass is 79.9. The third-order valence-electron chi connectivity index (χ3n) is 5.81. The van der Waals surface area contributed by atoms with Crippen LogP contribution in [0.1, 0.15) is 51.1 Å². The first-order valence-electron chi connectivity index (χ1n) is 10.4. The molecule has 154 valence electrons. The van der Waals surface area contributed by atoms with Gasteiger partial charge in [-0.1, -0.05) is 48.0 Å². The molecule has 2 aliphatic rings. The topological polar surface area (TPSA) is 50.8 Å². The van der Waals surface area contributed by atoms with Crippen molar-refractivity contribution in [3.63, 3.8) is 0 Å². The molecule has 2 aromatic carbocycles. The predicted molar refractivity (Wildman–Crippen MR) is 118 cm³/mol. The van der Waals surface area contributed by atoms with E-state index < -0.39 is 0 Å². The molecule has 4 rings (SSSR count). The van der Waals surface area contributed by atoms with Crippen molar-refractivity contribution in [2.75, 3.05) is 11.4 Å². The molecule has 1 fully saturated rings. The molecule has 2 aliphatic heterocycles. The first-order chi connectivity index (χ1) is 14.1. The molecule has 0 radical (unpaired) electrons. The number of carbonyl (C=O) groups excluding carboxylic acids is 1. The van der Waals surface area contributed by atoms with Crippen molar-refractivity contribution in [3.8, 4) is 11.5 Å². The minimum absolute atomic E-state index is 0.00949. The van der Waals surface area contributed by atoms with Crippen LogP contribution >= 0.6 is 15.9 Å². The molecule has 0 aliphatic carbocycles. The number of benzene rings is 2. The van der Waals surface area contributed by atoms with Gasteiger partial charge in [-0.3, -0.25) is 0 Å². The summed E-state index contributed by atoms with van der Waals surface area (Å²) >= 11 is 3.59. The number of piperidine rings is 1. The van der Waals surface area contributed by atoms with E-state index >= 15 is 0 Å². The lowest BCUT2D eigenvalue weighted by molar-refractivity contribution is 0.0876. The number of nitrogens with zero attached hydrogens (tertiary/aromatic N) is 1. The summed E-state index contributed by atoms with van der Waals surface area (Å²) in [5.74, 6) is 1.68. The Balaban J connectivity index is 1.69. The van der Waals surface area contributed by atoms with Gasteiger partial charge >= 0.3 is 6.09 Å². The normalized spacial score (nSPS) is 20.1. The Morgan fingerprint density at radius 1 is 1.24 bits per heavy atom. The molecule has 2 aromatic rings. The second kappa shape index (κ2) is 8.66. The largest absolute Gasteiger partial charge is 0.455 e. The SMILES string of the molecule is CCC(CC)OC(=O)NC1CCCN2c3cc(Br)ccc3Oc3ccccc3C12. The maximum atomic E-state index is 12.6. The Bertz CT molecular complexity index is 884. The Morgan fingerprint density at radius 3 is 2.83 bits per heavy atom. The zero-order chi connectivity index (χ0) is 20.4. The van der Waals surface area contributed by atoms with Crippen molar-refractivity contribution in [1.29, 1.82) is 0 Å². The maximum Gasteiger partial charge on any atom is 0.407 e. The first-order valence-corrected chi connectivity index (χ1v) is 11.2. The third-order valence-corrected chi connectivity index (χ3v) is 6.30. The predicted octanol–water partition coefficient (Wildman–Crippen LogP) is 6.18. The number of ether oxygens (including phenoxy) is 2. The van der Waals surface area contributed by atoms with Gasteiger partial charge in [0.1, 0.15) is 11.9 Å². The van der Waals surface area contributed by atoms with Crippen LogP contribution in [0.3, 0.4) is 0 Å². The lowest BCUT2D eigenvalue weighted by atomic mass is 9.89. The van der Waals surface area contributed by atoms with Crippen LogP contribution in [0, 0.1) is 0 Å². The van der Waals surface area contributed by atoms with Crippen LogP contribution in [0.4, 0.5) is 10.5 Å². The minimum atomic E-state index is -0.331. The average Bonchev–Trinajstić information content (AvgIpc) is 2.87. The van der Waals surface area contributed by atoms with Crippen LogP contribution in [-0.2, 0) is 4.74 Å². The third kappa shape index (κ3) is 4.08. The van der Waals surface area contributed by atoms with Crippen molar-refractivity contribution in [2.45, 2.75) is 57.7 Å². The van der Waals surface area contributed by atoms with Crippen molar-refractivity contribution < 1.29 is 14.3 Å².